The second-order valence-electron chi connectivity index (χ2n) is 12.7. The van der Waals surface area contributed by atoms with Crippen molar-refractivity contribution in [1.82, 2.24) is 9.97 Å². The Morgan fingerprint density at radius 2 is 1.24 bits per heavy atom. The maximum atomic E-state index is 11.6. The number of nitrogens with zero attached hydrogens (tertiary/aromatic N) is 2. The average molecular weight is 1030 g/mol. The normalized spacial score (nSPS) is 10.7. The number of esters is 2. The van der Waals surface area contributed by atoms with Gasteiger partial charge in [-0.1, -0.05) is 57.5 Å². The Hall–Kier alpha value is 1.21. The second-order valence-corrected chi connectivity index (χ2v) is 23.1. The maximum absolute atomic E-state index is 11.6. The number of pyridine rings is 2. The monoisotopic (exact) mass is 1030 g/mol. The third kappa shape index (κ3) is 24.3. The third-order valence-electron chi connectivity index (χ3n) is 7.31. The average Bonchev–Trinajstić information content (AvgIpc) is 3.01. The summed E-state index contributed by atoms with van der Waals surface area (Å²) in [7, 11) is -0.675. The zero-order valence-corrected chi connectivity index (χ0v) is 47.8. The van der Waals surface area contributed by atoms with Gasteiger partial charge < -0.3 is 39.7 Å². The molecule has 0 aromatic carbocycles. The molecule has 0 amide bonds. The summed E-state index contributed by atoms with van der Waals surface area (Å²) >= 11 is 3.37. The van der Waals surface area contributed by atoms with Gasteiger partial charge in [-0.2, -0.15) is 0 Å². The maximum Gasteiger partial charge on any atom is 1.00 e. The van der Waals surface area contributed by atoms with E-state index in [2.05, 4.69) is 108 Å². The number of carbonyl (C=O) groups is 3. The summed E-state index contributed by atoms with van der Waals surface area (Å²) in [5.41, 5.74) is 0.127. The summed E-state index contributed by atoms with van der Waals surface area (Å²) in [6.07, 6.45) is 2.94. The quantitative estimate of drug-likeness (QED) is 0.0597. The molecule has 1 N–H and O–H groups in total. The second kappa shape index (κ2) is 29.6. The van der Waals surface area contributed by atoms with E-state index in [9.17, 15) is 9.59 Å². The molecule has 2 rings (SSSR count). The SMILES string of the molecule is CC(C)(C)[Si](C)(C)OCCBr.COC(=O)c1ncccc1O.COC(=O)c1ncccc1OCCO[Si](C)(C)C(C)(C)C.O=CO[O-].[Cs+].[Cs+].[H-]. The van der Waals surface area contributed by atoms with Gasteiger partial charge in [-0.3, -0.25) is 4.79 Å². The molecule has 0 unspecified atom stereocenters. The van der Waals surface area contributed by atoms with Crippen molar-refractivity contribution in [1.29, 1.82) is 0 Å². The number of ether oxygens (including phenoxy) is 3. The molecule has 0 spiro atoms. The molecule has 0 saturated heterocycles. The molecule has 2 heterocycles. The first-order chi connectivity index (χ1) is 21.7. The fraction of sp³-hybridized carbons (Fsp3) is 0.581. The molecule has 0 aliphatic carbocycles. The fourth-order valence-electron chi connectivity index (χ4n) is 2.58. The molecule has 2 aromatic rings. The van der Waals surface area contributed by atoms with E-state index in [0.29, 0.717) is 24.0 Å². The summed E-state index contributed by atoms with van der Waals surface area (Å²) in [4.78, 5) is 41.2. The van der Waals surface area contributed by atoms with Crippen molar-refractivity contribution in [2.45, 2.75) is 77.8 Å². The number of aromatic hydroxyl groups is 1. The van der Waals surface area contributed by atoms with Crippen LogP contribution >= 0.6 is 15.9 Å². The number of aromatic nitrogens is 2. The van der Waals surface area contributed by atoms with Gasteiger partial charge in [0.2, 0.25) is 0 Å². The van der Waals surface area contributed by atoms with E-state index in [1.165, 1.54) is 38.7 Å². The molecule has 0 bridgehead atoms. The van der Waals surface area contributed by atoms with Gasteiger partial charge in [-0.05, 0) is 60.5 Å². The van der Waals surface area contributed by atoms with Crippen LogP contribution in [0.1, 0.15) is 63.9 Å². The summed E-state index contributed by atoms with van der Waals surface area (Å²) in [6, 6.07) is 6.32. The number of alkyl halides is 1. The van der Waals surface area contributed by atoms with Crippen molar-refractivity contribution in [2.75, 3.05) is 39.4 Å². The van der Waals surface area contributed by atoms with E-state index in [1.807, 2.05) is 0 Å². The summed E-state index contributed by atoms with van der Waals surface area (Å²) in [5.74, 6) is -0.887. The molecule has 0 saturated carbocycles. The fourth-order valence-corrected chi connectivity index (χ4v) is 5.12. The smallest absolute Gasteiger partial charge is 1.00 e. The van der Waals surface area contributed by atoms with Crippen molar-refractivity contribution in [3.8, 4) is 11.5 Å². The van der Waals surface area contributed by atoms with Crippen LogP contribution < -0.4 is 148 Å². The molecular formula is C31H53BrCs2N2O11Si2. The molecular weight excluding hydrogens is 978 g/mol. The Bertz CT molecular complexity index is 1220. The summed E-state index contributed by atoms with van der Waals surface area (Å²) < 4.78 is 26.5. The molecule has 270 valence electrons. The minimum absolute atomic E-state index is 0. The summed E-state index contributed by atoms with van der Waals surface area (Å²) in [5, 5.41) is 18.9. The molecule has 0 radical (unpaired) electrons. The molecule has 2 aromatic heterocycles. The largest absolute Gasteiger partial charge is 1.00 e. The zero-order chi connectivity index (χ0) is 36.9. The van der Waals surface area contributed by atoms with Crippen LogP contribution in [0.3, 0.4) is 0 Å². The minimum atomic E-state index is -1.77. The molecule has 0 aliphatic rings. The Kier molecular flexibility index (Phi) is 34.3. The van der Waals surface area contributed by atoms with Gasteiger partial charge in [-0.25, -0.2) is 19.6 Å². The number of methoxy groups -OCH3 is 2. The van der Waals surface area contributed by atoms with Gasteiger partial charge in [0.25, 0.3) is 6.47 Å². The van der Waals surface area contributed by atoms with Crippen LogP contribution in [-0.4, -0.2) is 89.5 Å². The number of halogens is 1. The van der Waals surface area contributed by atoms with E-state index >= 15 is 0 Å². The van der Waals surface area contributed by atoms with Gasteiger partial charge in [0.05, 0.1) is 20.8 Å². The van der Waals surface area contributed by atoms with E-state index in [1.54, 1.807) is 12.1 Å². The van der Waals surface area contributed by atoms with Crippen LogP contribution in [0.4, 0.5) is 0 Å². The van der Waals surface area contributed by atoms with Crippen LogP contribution in [0.25, 0.3) is 0 Å². The zero-order valence-electron chi connectivity index (χ0n) is 32.7. The molecule has 0 aliphatic heterocycles. The first kappa shape index (κ1) is 56.9. The van der Waals surface area contributed by atoms with Gasteiger partial charge in [0.15, 0.2) is 33.8 Å². The van der Waals surface area contributed by atoms with E-state index in [0.717, 1.165) is 11.9 Å². The first-order valence-corrected chi connectivity index (χ1v) is 21.6. The number of carbonyl (C=O) groups excluding carboxylic acids is 3. The van der Waals surface area contributed by atoms with E-state index in [-0.39, 0.29) is 168 Å². The number of hydrogen-bond acceptors (Lipinski definition) is 13. The molecule has 18 heteroatoms. The molecule has 49 heavy (non-hydrogen) atoms. The van der Waals surface area contributed by atoms with Crippen molar-refractivity contribution < 1.29 is 192 Å². The Morgan fingerprint density at radius 3 is 1.63 bits per heavy atom. The van der Waals surface area contributed by atoms with Gasteiger partial charge >= 0.3 is 150 Å². The predicted molar refractivity (Wildman–Crippen MR) is 187 cm³/mol. The minimum Gasteiger partial charge on any atom is -1.00 e. The van der Waals surface area contributed by atoms with Crippen LogP contribution in [-0.2, 0) is 28.0 Å². The van der Waals surface area contributed by atoms with Gasteiger partial charge in [0, 0.05) is 24.3 Å². The number of rotatable bonds is 11. The van der Waals surface area contributed by atoms with Crippen LogP contribution in [0, 0.1) is 0 Å². The van der Waals surface area contributed by atoms with E-state index < -0.39 is 28.6 Å². The van der Waals surface area contributed by atoms with Gasteiger partial charge in [0.1, 0.15) is 12.4 Å². The Morgan fingerprint density at radius 1 is 0.837 bits per heavy atom. The van der Waals surface area contributed by atoms with Crippen LogP contribution in [0.15, 0.2) is 36.7 Å². The van der Waals surface area contributed by atoms with Crippen molar-refractivity contribution in [3.05, 3.63) is 48.0 Å². The van der Waals surface area contributed by atoms with Crippen LogP contribution in [0.2, 0.25) is 36.3 Å². The number of hydrogen-bond donors (Lipinski definition) is 1. The Labute approximate surface area is 421 Å². The topological polar surface area (TPSA) is 176 Å². The van der Waals surface area contributed by atoms with E-state index in [4.69, 9.17) is 28.7 Å². The Balaban J connectivity index is -0.000000199. The molecule has 0 fully saturated rings. The summed E-state index contributed by atoms with van der Waals surface area (Å²) in [6.45, 7) is 23.8. The van der Waals surface area contributed by atoms with Gasteiger partial charge in [-0.15, -0.1) is 0 Å². The third-order valence-corrected chi connectivity index (χ3v) is 16.7. The van der Waals surface area contributed by atoms with Crippen LogP contribution in [0.5, 0.6) is 11.5 Å². The standard InChI is InChI=1S/C15H25NO4Si.C8H19BrOSi.C7H7NO3.CH2O3.2Cs.H/c1-15(2,3)21(5,6)20-11-10-19-12-8-7-9-16-13(12)14(17)18-4;1-8(2,3)11(4,5)10-7-6-9;1-11-7(10)6-5(9)3-2-4-8-6;2-1-4-3;;;/h7-9H,10-11H2,1-6H3;6-7H2,1-5H3;2-4,9H,1H3;1,3H;;;/q;;;;2*+1;-1/p-1. The molecule has 0 atom stereocenters. The predicted octanol–water partition coefficient (Wildman–Crippen LogP) is -0.199. The first-order valence-electron chi connectivity index (χ1n) is 14.6. The van der Waals surface area contributed by atoms with Crippen molar-refractivity contribution in [2.24, 2.45) is 0 Å². The van der Waals surface area contributed by atoms with Crippen molar-refractivity contribution >= 4 is 51.0 Å². The molecule has 13 nitrogen and oxygen atoms in total. The van der Waals surface area contributed by atoms with Crippen molar-refractivity contribution in [3.63, 3.8) is 0 Å².